The van der Waals surface area contributed by atoms with Gasteiger partial charge >= 0.3 is 12.4 Å². The maximum absolute atomic E-state index is 14.8. The average Bonchev–Trinajstić information content (AvgIpc) is 3.62. The van der Waals surface area contributed by atoms with E-state index in [2.05, 4.69) is 15.5 Å². The number of rotatable bonds is 7. The van der Waals surface area contributed by atoms with Crippen molar-refractivity contribution in [2.24, 2.45) is 0 Å². The Morgan fingerprint density at radius 3 is 1.70 bits per heavy atom. The summed E-state index contributed by atoms with van der Waals surface area (Å²) >= 11 is 0. The molecule has 2 heterocycles. The molecule has 0 spiro atoms. The van der Waals surface area contributed by atoms with Gasteiger partial charge in [-0.25, -0.2) is 0 Å². The van der Waals surface area contributed by atoms with Crippen LogP contribution in [0.15, 0.2) is 79.4 Å². The highest BCUT2D eigenvalue weighted by atomic mass is 19.4. The van der Waals surface area contributed by atoms with E-state index >= 15 is 0 Å². The predicted molar refractivity (Wildman–Crippen MR) is 130 cm³/mol. The number of alkyl halides is 6. The van der Waals surface area contributed by atoms with Crippen LogP contribution in [0.2, 0.25) is 0 Å². The Bertz CT molecular complexity index is 1460. The molecule has 0 radical (unpaired) electrons. The molecule has 1 N–H and O–H groups in total. The number of nitrogens with zero attached hydrogens (tertiary/aromatic N) is 5. The summed E-state index contributed by atoms with van der Waals surface area (Å²) in [5, 5.41) is 20.8. The van der Waals surface area contributed by atoms with Gasteiger partial charge in [0, 0.05) is 53.6 Å². The van der Waals surface area contributed by atoms with Crippen molar-refractivity contribution in [3.05, 3.63) is 106 Å². The number of hydrogen-bond acceptors (Lipinski definition) is 5. The Labute approximate surface area is 222 Å². The summed E-state index contributed by atoms with van der Waals surface area (Å²) in [6.07, 6.45) is -6.13. The van der Waals surface area contributed by atoms with Gasteiger partial charge in [-0.15, -0.1) is 0 Å². The molecule has 0 aliphatic carbocycles. The number of non-ortho nitro benzene ring substituents is 1. The maximum Gasteiger partial charge on any atom is 0.417 e. The molecule has 0 saturated heterocycles. The zero-order valence-corrected chi connectivity index (χ0v) is 20.7. The lowest BCUT2D eigenvalue weighted by atomic mass is 9.82. The van der Waals surface area contributed by atoms with Crippen molar-refractivity contribution in [1.82, 2.24) is 19.6 Å². The van der Waals surface area contributed by atoms with E-state index in [0.29, 0.717) is 23.2 Å². The zero-order chi connectivity index (χ0) is 29.5. The molecule has 2 atom stereocenters. The molecule has 4 aromatic rings. The third kappa shape index (κ3) is 4.56. The number of hydrogen-bond donors (Lipinski definition) is 1. The van der Waals surface area contributed by atoms with Gasteiger partial charge in [-0.1, -0.05) is 24.3 Å². The second-order valence-electron chi connectivity index (χ2n) is 9.03. The standard InChI is InChI=1S/C25H20F6N6O3/c1-22(24(26,27)28,35-13-5-11-32-35)18-9-4-10-19(23(2,25(29,30)31)36-14-6-12-33-36)20(18)34-21(38)16-7-3-8-17(15-16)37(39)40/h3-15H,1-2H3,(H,34,38). The number of carbonyl (C=O) groups excluding carboxylic acids is 1. The van der Waals surface area contributed by atoms with E-state index in [1.165, 1.54) is 12.1 Å². The summed E-state index contributed by atoms with van der Waals surface area (Å²) in [5.74, 6) is -1.17. The van der Waals surface area contributed by atoms with Crippen LogP contribution in [0, 0.1) is 10.1 Å². The Kier molecular flexibility index (Phi) is 6.94. The van der Waals surface area contributed by atoms with Gasteiger partial charge in [0.1, 0.15) is 0 Å². The largest absolute Gasteiger partial charge is 0.417 e. The maximum atomic E-state index is 14.8. The van der Waals surface area contributed by atoms with Crippen LogP contribution < -0.4 is 5.32 Å². The predicted octanol–water partition coefficient (Wildman–Crippen LogP) is 5.89. The highest BCUT2D eigenvalue weighted by molar-refractivity contribution is 6.05. The van der Waals surface area contributed by atoms with Crippen LogP contribution in [0.25, 0.3) is 0 Å². The first-order valence-electron chi connectivity index (χ1n) is 11.5. The first kappa shape index (κ1) is 28.3. The van der Waals surface area contributed by atoms with Gasteiger partial charge in [-0.2, -0.15) is 36.5 Å². The molecule has 15 heteroatoms. The summed E-state index contributed by atoms with van der Waals surface area (Å²) in [5.41, 5.74) is -9.33. The number of nitro groups is 1. The van der Waals surface area contributed by atoms with Crippen molar-refractivity contribution >= 4 is 17.3 Å². The van der Waals surface area contributed by atoms with Gasteiger partial charge in [-0.05, 0) is 32.0 Å². The molecule has 40 heavy (non-hydrogen) atoms. The zero-order valence-electron chi connectivity index (χ0n) is 20.7. The third-order valence-corrected chi connectivity index (χ3v) is 6.70. The molecule has 0 saturated carbocycles. The fraction of sp³-hybridized carbons (Fsp3) is 0.240. The van der Waals surface area contributed by atoms with Gasteiger partial charge < -0.3 is 5.32 Å². The number of amides is 1. The van der Waals surface area contributed by atoms with Gasteiger partial charge in [0.2, 0.25) is 0 Å². The number of nitrogens with one attached hydrogen (secondary N) is 1. The van der Waals surface area contributed by atoms with Crippen molar-refractivity contribution in [1.29, 1.82) is 0 Å². The van der Waals surface area contributed by atoms with Gasteiger partial charge in [0.15, 0.2) is 11.1 Å². The summed E-state index contributed by atoms with van der Waals surface area (Å²) in [4.78, 5) is 23.7. The molecular formula is C25H20F6N6O3. The van der Waals surface area contributed by atoms with Crippen LogP contribution in [-0.2, 0) is 11.1 Å². The normalized spacial score (nSPS) is 15.2. The lowest BCUT2D eigenvalue weighted by Gasteiger charge is -2.38. The van der Waals surface area contributed by atoms with Crippen LogP contribution in [0.5, 0.6) is 0 Å². The fourth-order valence-corrected chi connectivity index (χ4v) is 4.32. The van der Waals surface area contributed by atoms with E-state index in [1.807, 2.05) is 0 Å². The SMILES string of the molecule is CC(c1cccc(C(C)(n2cccn2)C(F)(F)F)c1NC(=O)c1cccc([N+](=O)[O-])c1)(n1cccn1)C(F)(F)F. The minimum absolute atomic E-state index is 0.365. The molecule has 4 rings (SSSR count). The van der Waals surface area contributed by atoms with Crippen molar-refractivity contribution < 1.29 is 36.1 Å². The van der Waals surface area contributed by atoms with E-state index in [1.54, 1.807) is 0 Å². The van der Waals surface area contributed by atoms with Gasteiger partial charge in [0.25, 0.3) is 11.6 Å². The van der Waals surface area contributed by atoms with Crippen molar-refractivity contribution in [2.45, 2.75) is 37.3 Å². The molecule has 1 amide bonds. The molecule has 9 nitrogen and oxygen atoms in total. The quantitative estimate of drug-likeness (QED) is 0.171. The molecule has 0 aliphatic heterocycles. The lowest BCUT2D eigenvalue weighted by Crippen LogP contribution is -2.49. The second-order valence-corrected chi connectivity index (χ2v) is 9.03. The molecule has 0 fully saturated rings. The molecule has 0 bridgehead atoms. The Morgan fingerprint density at radius 2 is 1.30 bits per heavy atom. The Balaban J connectivity index is 2.05. The fourth-order valence-electron chi connectivity index (χ4n) is 4.32. The lowest BCUT2D eigenvalue weighted by molar-refractivity contribution is -0.384. The van der Waals surface area contributed by atoms with E-state index in [9.17, 15) is 41.3 Å². The van der Waals surface area contributed by atoms with Crippen LogP contribution >= 0.6 is 0 Å². The average molecular weight is 566 g/mol. The monoisotopic (exact) mass is 566 g/mol. The number of nitro benzene ring substituents is 1. The summed E-state index contributed by atoms with van der Waals surface area (Å²) in [6.45, 7) is 1.42. The number of anilines is 1. The van der Waals surface area contributed by atoms with E-state index in [4.69, 9.17) is 0 Å². The van der Waals surface area contributed by atoms with Crippen LogP contribution in [0.1, 0.15) is 35.3 Å². The van der Waals surface area contributed by atoms with Crippen molar-refractivity contribution in [3.8, 4) is 0 Å². The van der Waals surface area contributed by atoms with Crippen molar-refractivity contribution in [2.75, 3.05) is 5.32 Å². The number of para-hydroxylation sites is 1. The van der Waals surface area contributed by atoms with Gasteiger partial charge in [-0.3, -0.25) is 24.3 Å². The summed E-state index contributed by atoms with van der Waals surface area (Å²) in [7, 11) is 0. The van der Waals surface area contributed by atoms with Crippen LogP contribution in [0.4, 0.5) is 37.7 Å². The summed E-state index contributed by atoms with van der Waals surface area (Å²) < 4.78 is 89.7. The molecule has 210 valence electrons. The minimum Gasteiger partial charge on any atom is -0.321 e. The number of benzene rings is 2. The molecule has 2 unspecified atom stereocenters. The highest BCUT2D eigenvalue weighted by Crippen LogP contribution is 2.50. The first-order chi connectivity index (χ1) is 18.6. The molecule has 2 aromatic carbocycles. The topological polar surface area (TPSA) is 108 Å². The van der Waals surface area contributed by atoms with Crippen LogP contribution in [-0.4, -0.2) is 42.7 Å². The summed E-state index contributed by atoms with van der Waals surface area (Å²) in [6, 6.07) is 9.51. The minimum atomic E-state index is -5.12. The molecular weight excluding hydrogens is 546 g/mol. The molecule has 0 aliphatic rings. The third-order valence-electron chi connectivity index (χ3n) is 6.70. The first-order valence-corrected chi connectivity index (χ1v) is 11.5. The Morgan fingerprint density at radius 1 is 0.825 bits per heavy atom. The molecule has 2 aromatic heterocycles. The van der Waals surface area contributed by atoms with E-state index < -0.39 is 56.8 Å². The Hall–Kier alpha value is -4.69. The number of carbonyl (C=O) groups is 1. The van der Waals surface area contributed by atoms with Crippen molar-refractivity contribution in [3.63, 3.8) is 0 Å². The van der Waals surface area contributed by atoms with E-state index in [-0.39, 0.29) is 5.56 Å². The number of halogens is 6. The van der Waals surface area contributed by atoms with Gasteiger partial charge in [0.05, 0.1) is 10.6 Å². The second kappa shape index (κ2) is 9.81. The van der Waals surface area contributed by atoms with E-state index in [0.717, 1.165) is 67.3 Å². The highest BCUT2D eigenvalue weighted by Gasteiger charge is 2.59. The smallest absolute Gasteiger partial charge is 0.321 e. The van der Waals surface area contributed by atoms with Crippen LogP contribution in [0.3, 0.4) is 0 Å². The number of aromatic nitrogens is 4.